The molecule has 0 bridgehead atoms. The molecule has 4 rings (SSSR count). The monoisotopic (exact) mass is 386 g/mol. The van der Waals surface area contributed by atoms with Crippen LogP contribution in [-0.2, 0) is 0 Å². The second-order valence-electron chi connectivity index (χ2n) is 5.79. The van der Waals surface area contributed by atoms with E-state index in [9.17, 15) is 9.59 Å². The molecule has 2 heterocycles. The van der Waals surface area contributed by atoms with E-state index in [2.05, 4.69) is 10.3 Å². The second-order valence-corrected chi connectivity index (χ2v) is 6.66. The fraction of sp³-hybridized carbons (Fsp3) is 0.0526. The first kappa shape index (κ1) is 16.7. The number of nitrogens with one attached hydrogen (secondary N) is 2. The van der Waals surface area contributed by atoms with Crippen molar-refractivity contribution in [2.45, 2.75) is 6.04 Å². The number of H-pyrrole nitrogens is 1. The number of aromatic amines is 1. The second kappa shape index (κ2) is 6.52. The largest absolute Gasteiger partial charge is 0.456 e. The lowest BCUT2D eigenvalue weighted by Gasteiger charge is -2.29. The first-order valence-corrected chi connectivity index (χ1v) is 8.54. The van der Waals surface area contributed by atoms with Gasteiger partial charge in [0.05, 0.1) is 6.04 Å². The summed E-state index contributed by atoms with van der Waals surface area (Å²) in [6.45, 7) is 0. The van der Waals surface area contributed by atoms with Crippen LogP contribution in [0.2, 0.25) is 10.0 Å². The number of amides is 1. The summed E-state index contributed by atoms with van der Waals surface area (Å²) in [6.07, 6.45) is 1.47. The Morgan fingerprint density at radius 3 is 2.19 bits per heavy atom. The summed E-state index contributed by atoms with van der Waals surface area (Å²) in [7, 11) is 0. The summed E-state index contributed by atoms with van der Waals surface area (Å²) in [5.74, 6) is 0.569. The van der Waals surface area contributed by atoms with Crippen LogP contribution in [0, 0.1) is 0 Å². The van der Waals surface area contributed by atoms with Crippen LogP contribution in [0.1, 0.15) is 27.5 Å². The number of aromatic nitrogens is 1. The molecule has 1 amide bonds. The highest BCUT2D eigenvalue weighted by Gasteiger charge is 2.29. The molecular weight excluding hydrogens is 375 g/mol. The molecule has 0 spiro atoms. The Morgan fingerprint density at radius 1 is 1.00 bits per heavy atom. The highest BCUT2D eigenvalue weighted by Crippen LogP contribution is 2.44. The highest BCUT2D eigenvalue weighted by molar-refractivity contribution is 6.31. The number of ether oxygens (including phenoxy) is 1. The third-order valence-corrected chi connectivity index (χ3v) is 4.60. The number of rotatable bonds is 2. The van der Waals surface area contributed by atoms with Crippen molar-refractivity contribution < 1.29 is 9.53 Å². The van der Waals surface area contributed by atoms with E-state index < -0.39 is 17.5 Å². The molecule has 0 unspecified atom stereocenters. The van der Waals surface area contributed by atoms with Crippen molar-refractivity contribution in [3.05, 3.63) is 91.8 Å². The molecule has 26 heavy (non-hydrogen) atoms. The lowest BCUT2D eigenvalue weighted by atomic mass is 9.94. The van der Waals surface area contributed by atoms with E-state index >= 15 is 0 Å². The Balaban J connectivity index is 1.79. The van der Waals surface area contributed by atoms with Crippen molar-refractivity contribution in [2.75, 3.05) is 0 Å². The molecule has 5 nitrogen and oxygen atoms in total. The number of hydrogen-bond donors (Lipinski definition) is 2. The van der Waals surface area contributed by atoms with Gasteiger partial charge in [-0.15, -0.1) is 0 Å². The van der Waals surface area contributed by atoms with E-state index in [-0.39, 0.29) is 5.56 Å². The third-order valence-electron chi connectivity index (χ3n) is 4.13. The molecule has 0 radical (unpaired) electrons. The van der Waals surface area contributed by atoms with Gasteiger partial charge in [0, 0.05) is 27.4 Å². The molecule has 2 N–H and O–H groups in total. The Hall–Kier alpha value is -2.76. The van der Waals surface area contributed by atoms with Crippen molar-refractivity contribution in [1.29, 1.82) is 0 Å². The molecule has 1 aliphatic heterocycles. The first-order chi connectivity index (χ1) is 12.5. The smallest absolute Gasteiger partial charge is 0.260 e. The maximum atomic E-state index is 12.7. The van der Waals surface area contributed by atoms with Gasteiger partial charge < -0.3 is 15.0 Å². The van der Waals surface area contributed by atoms with Crippen LogP contribution in [0.4, 0.5) is 0 Å². The molecular formula is C19H12Cl2N2O3. The lowest BCUT2D eigenvalue weighted by molar-refractivity contribution is 0.0940. The van der Waals surface area contributed by atoms with Crippen molar-refractivity contribution in [1.82, 2.24) is 10.3 Å². The molecule has 130 valence electrons. The molecule has 0 saturated heterocycles. The number of hydrogen-bond acceptors (Lipinski definition) is 3. The van der Waals surface area contributed by atoms with Crippen molar-refractivity contribution in [3.8, 4) is 11.5 Å². The normalized spacial score (nSPS) is 12.7. The summed E-state index contributed by atoms with van der Waals surface area (Å²) >= 11 is 12.1. The summed E-state index contributed by atoms with van der Waals surface area (Å²) in [4.78, 5) is 27.1. The standard InChI is InChI=1S/C19H12Cl2N2O3/c20-10-3-5-12-15(8-10)26-16-9-11(21)4-6-13(16)17(12)23-19(25)14-2-1-7-22-18(14)24/h1-9,17H,(H,22,24)(H,23,25). The number of carbonyl (C=O) groups is 1. The fourth-order valence-electron chi connectivity index (χ4n) is 2.92. The predicted molar refractivity (Wildman–Crippen MR) is 99.3 cm³/mol. The molecule has 0 aliphatic carbocycles. The Kier molecular flexibility index (Phi) is 4.18. The van der Waals surface area contributed by atoms with Crippen molar-refractivity contribution >= 4 is 29.1 Å². The lowest BCUT2D eigenvalue weighted by Crippen LogP contribution is -2.34. The molecule has 7 heteroatoms. The number of fused-ring (bicyclic) bond motifs is 2. The SMILES string of the molecule is O=C(NC1c2ccc(Cl)cc2Oc2cc(Cl)ccc21)c1ccc[nH]c1=O. The van der Waals surface area contributed by atoms with E-state index in [1.54, 1.807) is 42.5 Å². The zero-order valence-electron chi connectivity index (χ0n) is 13.3. The zero-order valence-corrected chi connectivity index (χ0v) is 14.8. The van der Waals surface area contributed by atoms with Gasteiger partial charge in [-0.25, -0.2) is 0 Å². The average Bonchev–Trinajstić information content (AvgIpc) is 2.61. The van der Waals surface area contributed by atoms with Crippen molar-refractivity contribution in [3.63, 3.8) is 0 Å². The maximum absolute atomic E-state index is 12.7. The molecule has 1 aromatic heterocycles. The number of pyridine rings is 1. The molecule has 3 aromatic rings. The van der Waals surface area contributed by atoms with Gasteiger partial charge in [-0.1, -0.05) is 35.3 Å². The van der Waals surface area contributed by atoms with Gasteiger partial charge in [0.1, 0.15) is 17.1 Å². The topological polar surface area (TPSA) is 71.2 Å². The van der Waals surface area contributed by atoms with Crippen LogP contribution in [0.15, 0.2) is 59.5 Å². The quantitative estimate of drug-likeness (QED) is 0.689. The summed E-state index contributed by atoms with van der Waals surface area (Å²) in [5, 5.41) is 3.93. The molecule has 2 aromatic carbocycles. The summed E-state index contributed by atoms with van der Waals surface area (Å²) < 4.78 is 5.89. The Labute approximate surface area is 158 Å². The average molecular weight is 387 g/mol. The minimum Gasteiger partial charge on any atom is -0.456 e. The van der Waals surface area contributed by atoms with Crippen LogP contribution in [0.25, 0.3) is 0 Å². The van der Waals surface area contributed by atoms with Crippen LogP contribution < -0.4 is 15.6 Å². The maximum Gasteiger partial charge on any atom is 0.260 e. The number of carbonyl (C=O) groups excluding carboxylic acids is 1. The first-order valence-electron chi connectivity index (χ1n) is 7.78. The van der Waals surface area contributed by atoms with E-state index in [0.29, 0.717) is 21.5 Å². The van der Waals surface area contributed by atoms with Crippen LogP contribution in [-0.4, -0.2) is 10.9 Å². The fourth-order valence-corrected chi connectivity index (χ4v) is 3.25. The van der Waals surface area contributed by atoms with Crippen LogP contribution in [0.5, 0.6) is 11.5 Å². The van der Waals surface area contributed by atoms with Gasteiger partial charge in [0.2, 0.25) is 0 Å². The van der Waals surface area contributed by atoms with Crippen LogP contribution in [0.3, 0.4) is 0 Å². The van der Waals surface area contributed by atoms with Gasteiger partial charge in [-0.2, -0.15) is 0 Å². The van der Waals surface area contributed by atoms with Gasteiger partial charge in [0.25, 0.3) is 11.5 Å². The molecule has 0 atom stereocenters. The minimum absolute atomic E-state index is 0.0324. The van der Waals surface area contributed by atoms with Gasteiger partial charge in [-0.05, 0) is 36.4 Å². The van der Waals surface area contributed by atoms with E-state index in [1.165, 1.54) is 12.3 Å². The minimum atomic E-state index is -0.504. The molecule has 0 fully saturated rings. The predicted octanol–water partition coefficient (Wildman–Crippen LogP) is 4.31. The van der Waals surface area contributed by atoms with Crippen LogP contribution >= 0.6 is 23.2 Å². The Morgan fingerprint density at radius 2 is 1.62 bits per heavy atom. The number of benzene rings is 2. The molecule has 0 saturated carbocycles. The van der Waals surface area contributed by atoms with Gasteiger partial charge >= 0.3 is 0 Å². The van der Waals surface area contributed by atoms with E-state index in [4.69, 9.17) is 27.9 Å². The highest BCUT2D eigenvalue weighted by atomic mass is 35.5. The summed E-state index contributed by atoms with van der Waals surface area (Å²) in [5.41, 5.74) is 1.06. The zero-order chi connectivity index (χ0) is 18.3. The number of halogens is 2. The van der Waals surface area contributed by atoms with Crippen molar-refractivity contribution in [2.24, 2.45) is 0 Å². The summed E-state index contributed by atoms with van der Waals surface area (Å²) in [6, 6.07) is 12.9. The molecule has 1 aliphatic rings. The van der Waals surface area contributed by atoms with E-state index in [1.807, 2.05) is 0 Å². The van der Waals surface area contributed by atoms with E-state index in [0.717, 1.165) is 11.1 Å². The Bertz CT molecular complexity index is 1030. The third kappa shape index (κ3) is 2.96. The van der Waals surface area contributed by atoms with Gasteiger partial charge in [0.15, 0.2) is 0 Å². The van der Waals surface area contributed by atoms with Gasteiger partial charge in [-0.3, -0.25) is 9.59 Å².